The molecule has 0 nitrogen and oxygen atoms in total. The van der Waals surface area contributed by atoms with Gasteiger partial charge in [0.15, 0.2) is 0 Å². The smallest absolute Gasteiger partial charge is 0.0184 e. The summed E-state index contributed by atoms with van der Waals surface area (Å²) in [5, 5.41) is 0. The lowest BCUT2D eigenvalue weighted by Crippen LogP contribution is -1.88. The molecule has 0 aliphatic heterocycles. The summed E-state index contributed by atoms with van der Waals surface area (Å²) < 4.78 is 0. The van der Waals surface area contributed by atoms with Crippen LogP contribution in [0.5, 0.6) is 0 Å². The zero-order chi connectivity index (χ0) is 13.1. The molecule has 0 heteroatoms. The Bertz CT molecular complexity index is 610. The summed E-state index contributed by atoms with van der Waals surface area (Å²) in [7, 11) is 0. The van der Waals surface area contributed by atoms with E-state index in [4.69, 9.17) is 0 Å². The highest BCUT2D eigenvalue weighted by Crippen LogP contribution is 2.26. The van der Waals surface area contributed by atoms with Crippen molar-refractivity contribution in [2.75, 3.05) is 0 Å². The fourth-order valence-electron chi connectivity index (χ4n) is 2.47. The Kier molecular flexibility index (Phi) is 3.33. The van der Waals surface area contributed by atoms with Crippen LogP contribution in [-0.4, -0.2) is 0 Å². The van der Waals surface area contributed by atoms with Gasteiger partial charge in [-0.3, -0.25) is 0 Å². The van der Waals surface area contributed by atoms with Gasteiger partial charge in [0.05, 0.1) is 0 Å². The van der Waals surface area contributed by atoms with E-state index in [2.05, 4.69) is 73.7 Å². The number of hydrogen-bond acceptors (Lipinski definition) is 0. The van der Waals surface area contributed by atoms with Crippen LogP contribution in [0.25, 0.3) is 16.7 Å². The van der Waals surface area contributed by atoms with E-state index in [1.807, 2.05) is 0 Å². The first-order valence-electron chi connectivity index (χ1n) is 6.86. The van der Waals surface area contributed by atoms with E-state index >= 15 is 0 Å². The second kappa shape index (κ2) is 5.27. The molecule has 0 fully saturated rings. The lowest BCUT2D eigenvalue weighted by molar-refractivity contribution is 1.05. The Morgan fingerprint density at radius 2 is 1.32 bits per heavy atom. The van der Waals surface area contributed by atoms with E-state index in [-0.39, 0.29) is 0 Å². The average Bonchev–Trinajstić information content (AvgIpc) is 2.49. The quantitative estimate of drug-likeness (QED) is 0.666. The molecule has 19 heavy (non-hydrogen) atoms. The highest BCUT2D eigenvalue weighted by atomic mass is 14.1. The Morgan fingerprint density at radius 3 is 1.89 bits per heavy atom. The molecule has 0 heterocycles. The zero-order valence-electron chi connectivity index (χ0n) is 11.3. The Hall–Kier alpha value is -2.08. The van der Waals surface area contributed by atoms with Crippen molar-refractivity contribution in [3.63, 3.8) is 0 Å². The van der Waals surface area contributed by atoms with E-state index in [1.165, 1.54) is 27.8 Å². The molecular formula is C19H18. The van der Waals surface area contributed by atoms with Crippen molar-refractivity contribution in [3.05, 3.63) is 77.9 Å². The van der Waals surface area contributed by atoms with E-state index in [9.17, 15) is 0 Å². The molecule has 0 amide bonds. The average molecular weight is 246 g/mol. The molecular weight excluding hydrogens is 228 g/mol. The minimum absolute atomic E-state index is 1.15. The summed E-state index contributed by atoms with van der Waals surface area (Å²) in [6, 6.07) is 17.6. The second-order valence-electron chi connectivity index (χ2n) is 5.10. The normalized spacial score (nSPS) is 14.3. The summed E-state index contributed by atoms with van der Waals surface area (Å²) in [4.78, 5) is 0. The second-order valence-corrected chi connectivity index (χ2v) is 5.10. The van der Waals surface area contributed by atoms with Crippen molar-refractivity contribution in [1.82, 2.24) is 0 Å². The molecule has 0 aromatic heterocycles. The lowest BCUT2D eigenvalue weighted by atomic mass is 9.95. The van der Waals surface area contributed by atoms with Crippen LogP contribution in [0.15, 0.2) is 66.8 Å². The van der Waals surface area contributed by atoms with Crippen LogP contribution >= 0.6 is 0 Å². The number of hydrogen-bond donors (Lipinski definition) is 0. The maximum atomic E-state index is 2.24. The van der Waals surface area contributed by atoms with Crippen molar-refractivity contribution in [1.29, 1.82) is 0 Å². The lowest BCUT2D eigenvalue weighted by Gasteiger charge is -2.10. The van der Waals surface area contributed by atoms with E-state index in [1.54, 1.807) is 0 Å². The molecule has 1 aliphatic rings. The van der Waals surface area contributed by atoms with Crippen molar-refractivity contribution in [2.45, 2.75) is 19.8 Å². The molecule has 0 spiro atoms. The highest BCUT2D eigenvalue weighted by Gasteiger charge is 2.03. The van der Waals surface area contributed by atoms with Gasteiger partial charge < -0.3 is 0 Å². The third-order valence-electron chi connectivity index (χ3n) is 3.65. The maximum Gasteiger partial charge on any atom is -0.0184 e. The molecule has 0 bridgehead atoms. The minimum Gasteiger partial charge on any atom is -0.0842 e. The van der Waals surface area contributed by atoms with Gasteiger partial charge in [-0.15, -0.1) is 0 Å². The molecule has 3 rings (SSSR count). The molecule has 0 saturated heterocycles. The number of rotatable bonds is 2. The molecule has 2 aromatic rings. The van der Waals surface area contributed by atoms with Crippen molar-refractivity contribution >= 4 is 5.57 Å². The van der Waals surface area contributed by atoms with Crippen LogP contribution in [-0.2, 0) is 0 Å². The van der Waals surface area contributed by atoms with Crippen LogP contribution in [0.2, 0.25) is 0 Å². The maximum absolute atomic E-state index is 2.24. The summed E-state index contributed by atoms with van der Waals surface area (Å²) >= 11 is 0. The molecule has 0 unspecified atom stereocenters. The minimum atomic E-state index is 1.15. The Morgan fingerprint density at radius 1 is 0.737 bits per heavy atom. The van der Waals surface area contributed by atoms with Gasteiger partial charge in [-0.2, -0.15) is 0 Å². The Labute approximate surface area is 115 Å². The summed E-state index contributed by atoms with van der Waals surface area (Å²) in [6.45, 7) is 2.12. The monoisotopic (exact) mass is 246 g/mol. The summed E-state index contributed by atoms with van der Waals surface area (Å²) in [5.41, 5.74) is 6.67. The third-order valence-corrected chi connectivity index (χ3v) is 3.65. The van der Waals surface area contributed by atoms with Gasteiger partial charge in [-0.05, 0) is 42.0 Å². The topological polar surface area (TPSA) is 0 Å². The third kappa shape index (κ3) is 2.68. The van der Waals surface area contributed by atoms with Gasteiger partial charge in [0.2, 0.25) is 0 Å². The van der Waals surface area contributed by atoms with Gasteiger partial charge in [-0.25, -0.2) is 0 Å². The van der Waals surface area contributed by atoms with Gasteiger partial charge in [0.25, 0.3) is 0 Å². The van der Waals surface area contributed by atoms with Gasteiger partial charge in [-0.1, -0.05) is 72.3 Å². The van der Waals surface area contributed by atoms with Crippen LogP contribution in [0.4, 0.5) is 0 Å². The predicted molar refractivity (Wildman–Crippen MR) is 83.0 cm³/mol. The van der Waals surface area contributed by atoms with E-state index < -0.39 is 0 Å². The molecule has 0 atom stereocenters. The number of allylic oxidation sites excluding steroid dienone is 4. The first kappa shape index (κ1) is 12.0. The van der Waals surface area contributed by atoms with Crippen LogP contribution in [0, 0.1) is 6.92 Å². The van der Waals surface area contributed by atoms with Gasteiger partial charge in [0, 0.05) is 0 Å². The number of benzene rings is 2. The molecule has 0 N–H and O–H groups in total. The first-order valence-corrected chi connectivity index (χ1v) is 6.86. The van der Waals surface area contributed by atoms with Crippen molar-refractivity contribution < 1.29 is 0 Å². The van der Waals surface area contributed by atoms with Crippen LogP contribution in [0.1, 0.15) is 24.0 Å². The summed E-state index contributed by atoms with van der Waals surface area (Å²) in [6.07, 6.45) is 8.92. The van der Waals surface area contributed by atoms with Crippen molar-refractivity contribution in [3.8, 4) is 11.1 Å². The molecule has 1 aliphatic carbocycles. The van der Waals surface area contributed by atoms with Crippen LogP contribution in [0.3, 0.4) is 0 Å². The molecule has 2 aromatic carbocycles. The van der Waals surface area contributed by atoms with E-state index in [0.29, 0.717) is 0 Å². The van der Waals surface area contributed by atoms with Gasteiger partial charge in [0.1, 0.15) is 0 Å². The van der Waals surface area contributed by atoms with Crippen LogP contribution < -0.4 is 0 Å². The molecule has 0 radical (unpaired) electrons. The zero-order valence-corrected chi connectivity index (χ0v) is 11.3. The van der Waals surface area contributed by atoms with Gasteiger partial charge >= 0.3 is 0 Å². The first-order chi connectivity index (χ1) is 9.33. The van der Waals surface area contributed by atoms with Crippen molar-refractivity contribution in [2.24, 2.45) is 0 Å². The SMILES string of the molecule is Cc1ccc(-c2ccc(C3=CC=CCC3)cc2)cc1. The largest absolute Gasteiger partial charge is 0.0842 e. The predicted octanol–water partition coefficient (Wildman–Crippen LogP) is 5.40. The Balaban J connectivity index is 1.88. The van der Waals surface area contributed by atoms with E-state index in [0.717, 1.165) is 12.8 Å². The number of aryl methyl sites for hydroxylation is 1. The fraction of sp³-hybridized carbons (Fsp3) is 0.158. The highest BCUT2D eigenvalue weighted by molar-refractivity contribution is 5.72. The molecule has 94 valence electrons. The standard InChI is InChI=1S/C19H18/c1-15-7-9-17(10-8-15)19-13-11-18(12-14-19)16-5-3-2-4-6-16/h2-3,5,7-14H,4,6H2,1H3. The molecule has 0 saturated carbocycles. The fourth-order valence-corrected chi connectivity index (χ4v) is 2.47. The summed E-state index contributed by atoms with van der Waals surface area (Å²) in [5.74, 6) is 0.